The Balaban J connectivity index is 1.58. The third-order valence-electron chi connectivity index (χ3n) is 5.67. The highest BCUT2D eigenvalue weighted by Crippen LogP contribution is 2.38. The summed E-state index contributed by atoms with van der Waals surface area (Å²) in [6, 6.07) is 10.3. The summed E-state index contributed by atoms with van der Waals surface area (Å²) in [5.41, 5.74) is 2.37. The van der Waals surface area contributed by atoms with Gasteiger partial charge in [-0.25, -0.2) is 0 Å². The number of benzene rings is 1. The van der Waals surface area contributed by atoms with Gasteiger partial charge in [-0.15, -0.1) is 0 Å². The van der Waals surface area contributed by atoms with Crippen LogP contribution in [0.25, 0.3) is 10.9 Å². The van der Waals surface area contributed by atoms with Crippen molar-refractivity contribution in [1.82, 2.24) is 10.3 Å². The van der Waals surface area contributed by atoms with E-state index in [1.807, 2.05) is 18.2 Å². The number of nitrogens with one attached hydrogen (secondary N) is 1. The van der Waals surface area contributed by atoms with Gasteiger partial charge in [0.2, 0.25) is 0 Å². The predicted octanol–water partition coefficient (Wildman–Crippen LogP) is 4.90. The fourth-order valence-corrected chi connectivity index (χ4v) is 3.93. The highest BCUT2D eigenvalue weighted by molar-refractivity contribution is 5.80. The van der Waals surface area contributed by atoms with Crippen LogP contribution < -0.4 is 10.1 Å². The molecule has 0 unspecified atom stereocenters. The van der Waals surface area contributed by atoms with Crippen molar-refractivity contribution in [2.75, 3.05) is 6.54 Å². The van der Waals surface area contributed by atoms with Gasteiger partial charge in [0.1, 0.15) is 12.0 Å². The number of hydrogen-bond acceptors (Lipinski definition) is 4. The Morgan fingerprint density at radius 2 is 1.93 bits per heavy atom. The lowest BCUT2D eigenvalue weighted by Crippen LogP contribution is -2.30. The summed E-state index contributed by atoms with van der Waals surface area (Å²) in [5.74, 6) is 1.75. The van der Waals surface area contributed by atoms with E-state index < -0.39 is 0 Å². The quantitative estimate of drug-likeness (QED) is 0.558. The molecule has 4 heteroatoms. The van der Waals surface area contributed by atoms with E-state index in [2.05, 4.69) is 38.2 Å². The SMILES string of the molecule is CC(C)(C)C1CCC(Oc2ccc3nc(CNCCC=O)ccc3c2)CC1. The maximum atomic E-state index is 10.4. The van der Waals surface area contributed by atoms with E-state index in [0.717, 1.165) is 47.4 Å². The molecule has 3 rings (SSSR count). The molecular formula is C23H32N2O2. The Kier molecular flexibility index (Phi) is 6.48. The first kappa shape index (κ1) is 19.8. The van der Waals surface area contributed by atoms with Crippen molar-refractivity contribution in [1.29, 1.82) is 0 Å². The summed E-state index contributed by atoms with van der Waals surface area (Å²) < 4.78 is 6.27. The Bertz CT molecular complexity index is 759. The van der Waals surface area contributed by atoms with Gasteiger partial charge in [-0.2, -0.15) is 0 Å². The third kappa shape index (κ3) is 5.52. The monoisotopic (exact) mass is 368 g/mol. The zero-order chi connectivity index (χ0) is 19.3. The van der Waals surface area contributed by atoms with E-state index in [-0.39, 0.29) is 0 Å². The molecule has 2 aromatic rings. The molecule has 1 aromatic carbocycles. The van der Waals surface area contributed by atoms with Gasteiger partial charge in [-0.05, 0) is 61.3 Å². The molecule has 1 aromatic heterocycles. The minimum Gasteiger partial charge on any atom is -0.490 e. The highest BCUT2D eigenvalue weighted by Gasteiger charge is 2.30. The fourth-order valence-electron chi connectivity index (χ4n) is 3.93. The Morgan fingerprint density at radius 3 is 2.63 bits per heavy atom. The number of carbonyl (C=O) groups is 1. The Hall–Kier alpha value is -1.94. The maximum Gasteiger partial charge on any atom is 0.121 e. The smallest absolute Gasteiger partial charge is 0.121 e. The largest absolute Gasteiger partial charge is 0.490 e. The molecular weight excluding hydrogens is 336 g/mol. The minimum absolute atomic E-state index is 0.329. The van der Waals surface area contributed by atoms with Crippen molar-refractivity contribution in [3.05, 3.63) is 36.0 Å². The summed E-state index contributed by atoms with van der Waals surface area (Å²) in [7, 11) is 0. The molecule has 4 nitrogen and oxygen atoms in total. The molecule has 0 atom stereocenters. The van der Waals surface area contributed by atoms with Gasteiger partial charge >= 0.3 is 0 Å². The van der Waals surface area contributed by atoms with E-state index in [1.54, 1.807) is 0 Å². The molecule has 1 saturated carbocycles. The Morgan fingerprint density at radius 1 is 1.15 bits per heavy atom. The van der Waals surface area contributed by atoms with Gasteiger partial charge in [0, 0.05) is 24.9 Å². The number of hydrogen-bond donors (Lipinski definition) is 1. The van der Waals surface area contributed by atoms with Crippen LogP contribution in [0.1, 0.15) is 58.6 Å². The molecule has 1 heterocycles. The second kappa shape index (κ2) is 8.83. The minimum atomic E-state index is 0.329. The first-order chi connectivity index (χ1) is 13.0. The lowest BCUT2D eigenvalue weighted by molar-refractivity contribution is -0.107. The van der Waals surface area contributed by atoms with Crippen LogP contribution in [-0.4, -0.2) is 23.9 Å². The molecule has 1 aliphatic rings. The second-order valence-corrected chi connectivity index (χ2v) is 8.75. The summed E-state index contributed by atoms with van der Waals surface area (Å²) in [5, 5.41) is 4.33. The van der Waals surface area contributed by atoms with E-state index >= 15 is 0 Å². The van der Waals surface area contributed by atoms with Gasteiger partial charge in [0.25, 0.3) is 0 Å². The average Bonchev–Trinajstić information content (AvgIpc) is 2.65. The molecule has 1 aliphatic carbocycles. The zero-order valence-electron chi connectivity index (χ0n) is 16.8. The summed E-state index contributed by atoms with van der Waals surface area (Å²) in [4.78, 5) is 15.0. The van der Waals surface area contributed by atoms with E-state index in [9.17, 15) is 4.79 Å². The summed E-state index contributed by atoms with van der Waals surface area (Å²) >= 11 is 0. The predicted molar refractivity (Wildman–Crippen MR) is 110 cm³/mol. The topological polar surface area (TPSA) is 51.2 Å². The number of ether oxygens (including phenoxy) is 1. The van der Waals surface area contributed by atoms with Crippen molar-refractivity contribution in [2.24, 2.45) is 11.3 Å². The summed E-state index contributed by atoms with van der Waals surface area (Å²) in [6.07, 6.45) is 6.58. The molecule has 27 heavy (non-hydrogen) atoms. The van der Waals surface area contributed by atoms with Crippen LogP contribution >= 0.6 is 0 Å². The number of nitrogens with zero attached hydrogens (tertiary/aromatic N) is 1. The second-order valence-electron chi connectivity index (χ2n) is 8.75. The van der Waals surface area contributed by atoms with Crippen LogP contribution in [0, 0.1) is 11.3 Å². The van der Waals surface area contributed by atoms with E-state index in [0.29, 0.717) is 31.0 Å². The van der Waals surface area contributed by atoms with Crippen LogP contribution in [0.2, 0.25) is 0 Å². The van der Waals surface area contributed by atoms with Gasteiger partial charge in [0.05, 0.1) is 17.3 Å². The standard InChI is InChI=1S/C23H32N2O2/c1-23(2,3)18-6-9-20(10-7-18)27-21-11-12-22-17(15-21)5-8-19(25-22)16-24-13-4-14-26/h5,8,11-12,14-15,18,20,24H,4,6-7,9-10,13,16H2,1-3H3. The molecule has 0 bridgehead atoms. The first-order valence-electron chi connectivity index (χ1n) is 10.2. The number of carbonyl (C=O) groups excluding carboxylic acids is 1. The normalized spacial score (nSPS) is 20.6. The number of aromatic nitrogens is 1. The number of fused-ring (bicyclic) bond motifs is 1. The van der Waals surface area contributed by atoms with Crippen molar-refractivity contribution < 1.29 is 9.53 Å². The zero-order valence-corrected chi connectivity index (χ0v) is 16.8. The maximum absolute atomic E-state index is 10.4. The molecule has 0 saturated heterocycles. The lowest BCUT2D eigenvalue weighted by Gasteiger charge is -2.36. The Labute approximate surface area is 162 Å². The highest BCUT2D eigenvalue weighted by atomic mass is 16.5. The van der Waals surface area contributed by atoms with Crippen LogP contribution in [0.3, 0.4) is 0 Å². The molecule has 0 aliphatic heterocycles. The van der Waals surface area contributed by atoms with Crippen molar-refractivity contribution in [2.45, 2.75) is 65.5 Å². The van der Waals surface area contributed by atoms with E-state index in [4.69, 9.17) is 9.72 Å². The van der Waals surface area contributed by atoms with Gasteiger partial charge in [-0.1, -0.05) is 26.8 Å². The number of rotatable bonds is 7. The number of pyridine rings is 1. The lowest BCUT2D eigenvalue weighted by atomic mass is 9.72. The molecule has 0 amide bonds. The third-order valence-corrected chi connectivity index (χ3v) is 5.67. The summed E-state index contributed by atoms with van der Waals surface area (Å²) in [6.45, 7) is 8.41. The van der Waals surface area contributed by atoms with Gasteiger partial charge < -0.3 is 14.8 Å². The van der Waals surface area contributed by atoms with Crippen molar-refractivity contribution in [3.8, 4) is 5.75 Å². The van der Waals surface area contributed by atoms with Crippen LogP contribution in [-0.2, 0) is 11.3 Å². The van der Waals surface area contributed by atoms with Crippen LogP contribution in [0.15, 0.2) is 30.3 Å². The molecule has 1 fully saturated rings. The molecule has 0 radical (unpaired) electrons. The van der Waals surface area contributed by atoms with Crippen LogP contribution in [0.5, 0.6) is 5.75 Å². The molecule has 146 valence electrons. The molecule has 1 N–H and O–H groups in total. The van der Waals surface area contributed by atoms with Gasteiger partial charge in [0.15, 0.2) is 0 Å². The van der Waals surface area contributed by atoms with Crippen LogP contribution in [0.4, 0.5) is 0 Å². The fraction of sp³-hybridized carbons (Fsp3) is 0.565. The van der Waals surface area contributed by atoms with E-state index in [1.165, 1.54) is 12.8 Å². The van der Waals surface area contributed by atoms with Crippen molar-refractivity contribution in [3.63, 3.8) is 0 Å². The van der Waals surface area contributed by atoms with Crippen molar-refractivity contribution >= 4 is 17.2 Å². The average molecular weight is 369 g/mol. The molecule has 0 spiro atoms. The first-order valence-corrected chi connectivity index (χ1v) is 10.2. The van der Waals surface area contributed by atoms with Gasteiger partial charge in [-0.3, -0.25) is 4.98 Å². The number of aldehydes is 1.